The average Bonchev–Trinajstić information content (AvgIpc) is 2.88. The molecular weight excluding hydrogens is 341 g/mol. The first kappa shape index (κ1) is 17.8. The third kappa shape index (κ3) is 4.26. The number of hydrogen-bond acceptors (Lipinski definition) is 4. The maximum absolute atomic E-state index is 13.0. The molecule has 0 saturated heterocycles. The number of carbonyl (C=O) groups is 2. The minimum atomic E-state index is -1.10. The zero-order valence-corrected chi connectivity index (χ0v) is 13.7. The van der Waals surface area contributed by atoms with Crippen molar-refractivity contribution < 1.29 is 28.2 Å². The highest BCUT2D eigenvalue weighted by molar-refractivity contribution is 6.32. The molecule has 1 unspecified atom stereocenters. The number of aryl methyl sites for hydroxylation is 1. The van der Waals surface area contributed by atoms with E-state index in [1.807, 2.05) is 0 Å². The fourth-order valence-electron chi connectivity index (χ4n) is 1.98. The van der Waals surface area contributed by atoms with Crippen molar-refractivity contribution in [2.24, 2.45) is 0 Å². The number of hydrogen-bond donors (Lipinski definition) is 2. The van der Waals surface area contributed by atoms with Crippen LogP contribution < -0.4 is 10.1 Å². The number of carbonyl (C=O) groups excluding carboxylic acids is 1. The van der Waals surface area contributed by atoms with Gasteiger partial charge >= 0.3 is 5.97 Å². The topological polar surface area (TPSA) is 88.8 Å². The molecule has 6 nitrogen and oxygen atoms in total. The van der Waals surface area contributed by atoms with Crippen LogP contribution in [0.5, 0.6) is 5.75 Å². The zero-order chi connectivity index (χ0) is 17.9. The smallest absolute Gasteiger partial charge is 0.339 e. The second-order valence-electron chi connectivity index (χ2n) is 5.04. The fraction of sp³-hybridized carbons (Fsp3) is 0.250. The Morgan fingerprint density at radius 1 is 1.42 bits per heavy atom. The normalized spacial score (nSPS) is 11.8. The van der Waals surface area contributed by atoms with Crippen molar-refractivity contribution in [3.8, 4) is 5.75 Å². The standard InChI is InChI=1S/C16H15ClFNO5/c1-8-12(16(21)22)6-11(23-8)7-19-15(20)9(2)24-14-4-3-10(18)5-13(14)17/h3-6,9H,7H2,1-2H3,(H,19,20)(H,21,22). The van der Waals surface area contributed by atoms with Crippen LogP contribution in [0.4, 0.5) is 4.39 Å². The van der Waals surface area contributed by atoms with Gasteiger partial charge in [-0.25, -0.2) is 9.18 Å². The lowest BCUT2D eigenvalue weighted by molar-refractivity contribution is -0.127. The van der Waals surface area contributed by atoms with Gasteiger partial charge in [0, 0.05) is 0 Å². The molecule has 1 aromatic heterocycles. The Kier molecular flexibility index (Phi) is 5.46. The van der Waals surface area contributed by atoms with E-state index < -0.39 is 23.8 Å². The molecule has 1 amide bonds. The molecule has 0 spiro atoms. The number of carboxylic acid groups (broad SMARTS) is 1. The zero-order valence-electron chi connectivity index (χ0n) is 12.9. The van der Waals surface area contributed by atoms with Crippen LogP contribution in [0, 0.1) is 12.7 Å². The second kappa shape index (κ2) is 7.35. The van der Waals surface area contributed by atoms with E-state index in [-0.39, 0.29) is 28.6 Å². The molecule has 8 heteroatoms. The maximum Gasteiger partial charge on any atom is 0.339 e. The van der Waals surface area contributed by atoms with E-state index in [1.165, 1.54) is 32.0 Å². The maximum atomic E-state index is 13.0. The Labute approximate surface area is 142 Å². The highest BCUT2D eigenvalue weighted by Gasteiger charge is 2.18. The van der Waals surface area contributed by atoms with Gasteiger partial charge in [0.1, 0.15) is 28.7 Å². The summed E-state index contributed by atoms with van der Waals surface area (Å²) in [4.78, 5) is 22.9. The minimum absolute atomic E-state index is 0.0117. The van der Waals surface area contributed by atoms with Crippen molar-refractivity contribution in [3.05, 3.63) is 52.2 Å². The molecule has 2 aromatic rings. The van der Waals surface area contributed by atoms with Crippen molar-refractivity contribution >= 4 is 23.5 Å². The minimum Gasteiger partial charge on any atom is -0.479 e. The number of aromatic carboxylic acids is 1. The third-order valence-corrected chi connectivity index (χ3v) is 3.50. The number of rotatable bonds is 6. The Balaban J connectivity index is 1.94. The van der Waals surface area contributed by atoms with E-state index in [1.54, 1.807) is 0 Å². The quantitative estimate of drug-likeness (QED) is 0.830. The first-order chi connectivity index (χ1) is 11.3. The summed E-state index contributed by atoms with van der Waals surface area (Å²) in [6.07, 6.45) is -0.886. The van der Waals surface area contributed by atoms with Crippen LogP contribution >= 0.6 is 11.6 Å². The number of halogens is 2. The highest BCUT2D eigenvalue weighted by Crippen LogP contribution is 2.25. The second-order valence-corrected chi connectivity index (χ2v) is 5.45. The molecule has 1 atom stereocenters. The van der Waals surface area contributed by atoms with E-state index in [9.17, 15) is 14.0 Å². The summed E-state index contributed by atoms with van der Waals surface area (Å²) in [5, 5.41) is 11.6. The van der Waals surface area contributed by atoms with Gasteiger partial charge in [0.05, 0.1) is 11.6 Å². The lowest BCUT2D eigenvalue weighted by Crippen LogP contribution is -2.35. The van der Waals surface area contributed by atoms with Crippen LogP contribution in [0.3, 0.4) is 0 Å². The molecule has 2 rings (SSSR count). The predicted molar refractivity (Wildman–Crippen MR) is 83.8 cm³/mol. The number of amides is 1. The highest BCUT2D eigenvalue weighted by atomic mass is 35.5. The van der Waals surface area contributed by atoms with Crippen LogP contribution in [-0.4, -0.2) is 23.1 Å². The van der Waals surface area contributed by atoms with E-state index in [4.69, 9.17) is 25.9 Å². The molecule has 1 aromatic carbocycles. The molecule has 0 fully saturated rings. The van der Waals surface area contributed by atoms with E-state index in [2.05, 4.69) is 5.32 Å². The van der Waals surface area contributed by atoms with Crippen molar-refractivity contribution in [2.45, 2.75) is 26.5 Å². The van der Waals surface area contributed by atoms with Crippen LogP contribution in [0.25, 0.3) is 0 Å². The molecule has 0 bridgehead atoms. The lowest BCUT2D eigenvalue weighted by atomic mass is 10.2. The summed E-state index contributed by atoms with van der Waals surface area (Å²) in [6, 6.07) is 4.93. The van der Waals surface area contributed by atoms with Gasteiger partial charge in [-0.15, -0.1) is 0 Å². The monoisotopic (exact) mass is 355 g/mol. The van der Waals surface area contributed by atoms with Crippen LogP contribution in [0.1, 0.15) is 28.8 Å². The van der Waals surface area contributed by atoms with Gasteiger partial charge in [-0.05, 0) is 38.1 Å². The Bertz CT molecular complexity index is 774. The SMILES string of the molecule is Cc1oc(CNC(=O)C(C)Oc2ccc(F)cc2Cl)cc1C(=O)O. The molecule has 2 N–H and O–H groups in total. The van der Waals surface area contributed by atoms with Crippen molar-refractivity contribution in [1.82, 2.24) is 5.32 Å². The molecule has 0 saturated carbocycles. The van der Waals surface area contributed by atoms with Gasteiger partial charge in [-0.2, -0.15) is 0 Å². The number of carboxylic acids is 1. The first-order valence-corrected chi connectivity index (χ1v) is 7.37. The van der Waals surface area contributed by atoms with E-state index in [0.717, 1.165) is 6.07 Å². The van der Waals surface area contributed by atoms with Gasteiger partial charge in [-0.1, -0.05) is 11.6 Å². The van der Waals surface area contributed by atoms with Crippen LogP contribution in [-0.2, 0) is 11.3 Å². The van der Waals surface area contributed by atoms with Gasteiger partial charge in [0.15, 0.2) is 6.10 Å². The number of ether oxygens (including phenoxy) is 1. The molecule has 0 aliphatic rings. The number of furan rings is 1. The summed E-state index contributed by atoms with van der Waals surface area (Å²) in [5.74, 6) is -1.31. The summed E-state index contributed by atoms with van der Waals surface area (Å²) in [6.45, 7) is 3.04. The fourth-order valence-corrected chi connectivity index (χ4v) is 2.19. The van der Waals surface area contributed by atoms with Gasteiger partial charge in [0.2, 0.25) is 0 Å². The van der Waals surface area contributed by atoms with E-state index >= 15 is 0 Å². The summed E-state index contributed by atoms with van der Waals surface area (Å²) < 4.78 is 23.6. The van der Waals surface area contributed by atoms with Crippen LogP contribution in [0.2, 0.25) is 5.02 Å². The summed E-state index contributed by atoms with van der Waals surface area (Å²) >= 11 is 5.83. The van der Waals surface area contributed by atoms with Crippen molar-refractivity contribution in [3.63, 3.8) is 0 Å². The largest absolute Gasteiger partial charge is 0.479 e. The summed E-state index contributed by atoms with van der Waals surface area (Å²) in [7, 11) is 0. The van der Waals surface area contributed by atoms with Crippen molar-refractivity contribution in [2.75, 3.05) is 0 Å². The van der Waals surface area contributed by atoms with Gasteiger partial charge in [0.25, 0.3) is 5.91 Å². The number of nitrogens with one attached hydrogen (secondary N) is 1. The van der Waals surface area contributed by atoms with Gasteiger partial charge in [-0.3, -0.25) is 4.79 Å². The van der Waals surface area contributed by atoms with E-state index in [0.29, 0.717) is 5.76 Å². The Morgan fingerprint density at radius 2 is 2.12 bits per heavy atom. The molecule has 0 radical (unpaired) electrons. The first-order valence-electron chi connectivity index (χ1n) is 7.00. The van der Waals surface area contributed by atoms with Gasteiger partial charge < -0.3 is 19.6 Å². The molecule has 128 valence electrons. The lowest BCUT2D eigenvalue weighted by Gasteiger charge is -2.15. The Hall–Kier alpha value is -2.54. The molecule has 24 heavy (non-hydrogen) atoms. The summed E-state index contributed by atoms with van der Waals surface area (Å²) in [5.41, 5.74) is 0.0432. The third-order valence-electron chi connectivity index (χ3n) is 3.20. The molecular formula is C16H15ClFNO5. The molecule has 0 aliphatic heterocycles. The Morgan fingerprint density at radius 3 is 2.71 bits per heavy atom. The number of benzene rings is 1. The molecule has 0 aliphatic carbocycles. The van der Waals surface area contributed by atoms with Crippen LogP contribution in [0.15, 0.2) is 28.7 Å². The predicted octanol–water partition coefficient (Wildman–Crippen LogP) is 3.16. The average molecular weight is 356 g/mol. The molecule has 1 heterocycles. The van der Waals surface area contributed by atoms with Crippen molar-refractivity contribution in [1.29, 1.82) is 0 Å².